The normalized spacial score (nSPS) is 24.1. The van der Waals surface area contributed by atoms with Crippen LogP contribution in [0.3, 0.4) is 0 Å². The Morgan fingerprint density at radius 1 is 1.41 bits per heavy atom. The second-order valence-corrected chi connectivity index (χ2v) is 4.12. The summed E-state index contributed by atoms with van der Waals surface area (Å²) in [4.78, 5) is 11.7. The fraction of sp³-hybridized carbons (Fsp3) is 0.333. The van der Waals surface area contributed by atoms with Gasteiger partial charge in [0.15, 0.2) is 0 Å². The first kappa shape index (κ1) is 11.8. The van der Waals surface area contributed by atoms with Crippen LogP contribution in [-0.2, 0) is 4.79 Å². The van der Waals surface area contributed by atoms with E-state index in [1.54, 1.807) is 6.21 Å². The standard InChI is InChI=1S/C12H16N4O/c1-9-7-11(15-14-9)12(17)16-13-8-10-5-3-2-4-6-10/h2-6,8-9,11,14-15H,7H2,1H3,(H,16,17)/b13-8+. The molecule has 1 aromatic carbocycles. The van der Waals surface area contributed by atoms with Gasteiger partial charge < -0.3 is 0 Å². The molecular formula is C12H16N4O. The molecule has 3 N–H and O–H groups in total. The number of hydrogen-bond acceptors (Lipinski definition) is 4. The molecule has 5 nitrogen and oxygen atoms in total. The first-order valence-corrected chi connectivity index (χ1v) is 5.65. The van der Waals surface area contributed by atoms with E-state index in [-0.39, 0.29) is 11.9 Å². The molecule has 1 aliphatic rings. The van der Waals surface area contributed by atoms with Crippen molar-refractivity contribution in [1.82, 2.24) is 16.3 Å². The summed E-state index contributed by atoms with van der Waals surface area (Å²) in [5, 5.41) is 3.92. The van der Waals surface area contributed by atoms with Gasteiger partial charge in [0.1, 0.15) is 6.04 Å². The Morgan fingerprint density at radius 2 is 2.18 bits per heavy atom. The topological polar surface area (TPSA) is 65.5 Å². The van der Waals surface area contributed by atoms with Crippen LogP contribution in [0.5, 0.6) is 0 Å². The minimum atomic E-state index is -0.210. The van der Waals surface area contributed by atoms with Crippen molar-refractivity contribution in [3.05, 3.63) is 35.9 Å². The Hall–Kier alpha value is -1.72. The molecule has 0 bridgehead atoms. The maximum Gasteiger partial charge on any atom is 0.258 e. The number of carbonyl (C=O) groups is 1. The van der Waals surface area contributed by atoms with Crippen molar-refractivity contribution < 1.29 is 4.79 Å². The molecule has 0 aliphatic carbocycles. The maximum atomic E-state index is 11.7. The van der Waals surface area contributed by atoms with Crippen LogP contribution in [0.15, 0.2) is 35.4 Å². The van der Waals surface area contributed by atoms with Crippen LogP contribution in [0.25, 0.3) is 0 Å². The van der Waals surface area contributed by atoms with E-state index >= 15 is 0 Å². The fourth-order valence-corrected chi connectivity index (χ4v) is 1.67. The van der Waals surface area contributed by atoms with Crippen LogP contribution < -0.4 is 16.3 Å². The zero-order valence-electron chi connectivity index (χ0n) is 9.68. The highest BCUT2D eigenvalue weighted by Crippen LogP contribution is 2.03. The minimum absolute atomic E-state index is 0.117. The van der Waals surface area contributed by atoms with Gasteiger partial charge in [-0.05, 0) is 18.9 Å². The quantitative estimate of drug-likeness (QED) is 0.522. The number of nitrogens with one attached hydrogen (secondary N) is 3. The van der Waals surface area contributed by atoms with E-state index in [4.69, 9.17) is 0 Å². The van der Waals surface area contributed by atoms with Gasteiger partial charge in [0.05, 0.1) is 6.21 Å². The first-order valence-electron chi connectivity index (χ1n) is 5.65. The third-order valence-corrected chi connectivity index (χ3v) is 2.60. The molecule has 0 radical (unpaired) electrons. The van der Waals surface area contributed by atoms with Gasteiger partial charge in [-0.15, -0.1) is 0 Å². The van der Waals surface area contributed by atoms with Crippen molar-refractivity contribution >= 4 is 12.1 Å². The number of hydrazine groups is 1. The summed E-state index contributed by atoms with van der Waals surface area (Å²) >= 11 is 0. The lowest BCUT2D eigenvalue weighted by atomic mass is 10.1. The zero-order valence-corrected chi connectivity index (χ0v) is 9.68. The Labute approximate surface area is 100 Å². The summed E-state index contributed by atoms with van der Waals surface area (Å²) in [7, 11) is 0. The van der Waals surface area contributed by atoms with Gasteiger partial charge in [-0.3, -0.25) is 10.2 Å². The third kappa shape index (κ3) is 3.37. The summed E-state index contributed by atoms with van der Waals surface area (Å²) in [5.41, 5.74) is 9.39. The van der Waals surface area contributed by atoms with Gasteiger partial charge in [-0.25, -0.2) is 10.9 Å². The molecule has 0 saturated carbocycles. The molecule has 1 amide bonds. The van der Waals surface area contributed by atoms with E-state index in [2.05, 4.69) is 21.4 Å². The van der Waals surface area contributed by atoms with Crippen LogP contribution in [0.4, 0.5) is 0 Å². The fourth-order valence-electron chi connectivity index (χ4n) is 1.67. The first-order chi connectivity index (χ1) is 8.25. The van der Waals surface area contributed by atoms with Gasteiger partial charge in [0.2, 0.25) is 0 Å². The number of hydrogen-bond donors (Lipinski definition) is 3. The monoisotopic (exact) mass is 232 g/mol. The lowest BCUT2D eigenvalue weighted by Crippen LogP contribution is -2.41. The van der Waals surface area contributed by atoms with E-state index in [9.17, 15) is 4.79 Å². The second kappa shape index (κ2) is 5.56. The average molecular weight is 232 g/mol. The van der Waals surface area contributed by atoms with E-state index < -0.39 is 0 Å². The zero-order chi connectivity index (χ0) is 12.1. The minimum Gasteiger partial charge on any atom is -0.271 e. The van der Waals surface area contributed by atoms with Gasteiger partial charge in [0.25, 0.3) is 5.91 Å². The average Bonchev–Trinajstić information content (AvgIpc) is 2.77. The largest absolute Gasteiger partial charge is 0.271 e. The van der Waals surface area contributed by atoms with Gasteiger partial charge >= 0.3 is 0 Å². The van der Waals surface area contributed by atoms with Crippen molar-refractivity contribution in [3.63, 3.8) is 0 Å². The molecule has 1 aromatic rings. The molecule has 1 saturated heterocycles. The van der Waals surface area contributed by atoms with Crippen molar-refractivity contribution in [2.75, 3.05) is 0 Å². The van der Waals surface area contributed by atoms with Crippen molar-refractivity contribution in [2.24, 2.45) is 5.10 Å². The van der Waals surface area contributed by atoms with Gasteiger partial charge in [-0.2, -0.15) is 5.10 Å². The Balaban J connectivity index is 1.82. The molecule has 1 fully saturated rings. The van der Waals surface area contributed by atoms with Crippen LogP contribution in [-0.4, -0.2) is 24.2 Å². The predicted molar refractivity (Wildman–Crippen MR) is 66.3 cm³/mol. The number of hydrazone groups is 1. The lowest BCUT2D eigenvalue weighted by molar-refractivity contribution is -0.122. The van der Waals surface area contributed by atoms with E-state index in [1.165, 1.54) is 0 Å². The molecule has 17 heavy (non-hydrogen) atoms. The summed E-state index contributed by atoms with van der Waals surface area (Å²) in [6, 6.07) is 9.73. The number of nitrogens with zero attached hydrogens (tertiary/aromatic N) is 1. The van der Waals surface area contributed by atoms with Crippen LogP contribution in [0, 0.1) is 0 Å². The number of carbonyl (C=O) groups excluding carboxylic acids is 1. The molecule has 1 heterocycles. The number of benzene rings is 1. The van der Waals surface area contributed by atoms with E-state index in [0.717, 1.165) is 12.0 Å². The number of rotatable bonds is 3. The highest BCUT2D eigenvalue weighted by Gasteiger charge is 2.26. The summed E-state index contributed by atoms with van der Waals surface area (Å²) in [6.07, 6.45) is 2.40. The smallest absolute Gasteiger partial charge is 0.258 e. The Bertz CT molecular complexity index is 404. The molecule has 2 atom stereocenters. The molecule has 90 valence electrons. The number of amides is 1. The Morgan fingerprint density at radius 3 is 2.82 bits per heavy atom. The molecule has 2 unspecified atom stereocenters. The molecular weight excluding hydrogens is 216 g/mol. The van der Waals surface area contributed by atoms with Crippen molar-refractivity contribution in [2.45, 2.75) is 25.4 Å². The summed E-state index contributed by atoms with van der Waals surface area (Å²) < 4.78 is 0. The van der Waals surface area contributed by atoms with Gasteiger partial charge in [0, 0.05) is 6.04 Å². The third-order valence-electron chi connectivity index (χ3n) is 2.60. The van der Waals surface area contributed by atoms with Crippen LogP contribution >= 0.6 is 0 Å². The highest BCUT2D eigenvalue weighted by molar-refractivity contribution is 5.85. The maximum absolute atomic E-state index is 11.7. The molecule has 0 aromatic heterocycles. The molecule has 1 aliphatic heterocycles. The SMILES string of the molecule is CC1CC(C(=O)N/N=C/c2ccccc2)NN1. The Kier molecular flexibility index (Phi) is 3.85. The summed E-state index contributed by atoms with van der Waals surface area (Å²) in [5.74, 6) is -0.117. The molecule has 0 spiro atoms. The molecule has 5 heteroatoms. The van der Waals surface area contributed by atoms with E-state index in [0.29, 0.717) is 6.04 Å². The van der Waals surface area contributed by atoms with Crippen molar-refractivity contribution in [1.29, 1.82) is 0 Å². The molecule has 2 rings (SSSR count). The van der Waals surface area contributed by atoms with Gasteiger partial charge in [-0.1, -0.05) is 30.3 Å². The van der Waals surface area contributed by atoms with Crippen molar-refractivity contribution in [3.8, 4) is 0 Å². The predicted octanol–water partition coefficient (Wildman–Crippen LogP) is 0.392. The van der Waals surface area contributed by atoms with E-state index in [1.807, 2.05) is 37.3 Å². The van der Waals surface area contributed by atoms with Crippen LogP contribution in [0.2, 0.25) is 0 Å². The summed E-state index contributed by atoms with van der Waals surface area (Å²) in [6.45, 7) is 2.02. The second-order valence-electron chi connectivity index (χ2n) is 4.12. The van der Waals surface area contributed by atoms with Crippen LogP contribution in [0.1, 0.15) is 18.9 Å². The lowest BCUT2D eigenvalue weighted by Gasteiger charge is -2.06. The highest BCUT2D eigenvalue weighted by atomic mass is 16.2.